The summed E-state index contributed by atoms with van der Waals surface area (Å²) >= 11 is 0. The van der Waals surface area contributed by atoms with Crippen LogP contribution in [0.2, 0.25) is 0 Å². The van der Waals surface area contributed by atoms with Crippen LogP contribution >= 0.6 is 0 Å². The summed E-state index contributed by atoms with van der Waals surface area (Å²) in [5.41, 5.74) is 5.42. The molecule has 1 aromatic carbocycles. The van der Waals surface area contributed by atoms with Crippen LogP contribution < -0.4 is 5.32 Å². The maximum atomic E-state index is 5.45. The van der Waals surface area contributed by atoms with Crippen molar-refractivity contribution in [2.24, 2.45) is 0 Å². The predicted octanol–water partition coefficient (Wildman–Crippen LogP) is 4.62. The van der Waals surface area contributed by atoms with E-state index < -0.39 is 0 Å². The Morgan fingerprint density at radius 3 is 2.16 bits per heavy atom. The largest absolute Gasteiger partial charge is 0.468 e. The number of hydrogen-bond donors (Lipinski definition) is 1. The van der Waals surface area contributed by atoms with E-state index in [4.69, 9.17) is 4.42 Å². The highest BCUT2D eigenvalue weighted by Gasteiger charge is 2.16. The average Bonchev–Trinajstić information content (AvgIpc) is 2.80. The Morgan fingerprint density at radius 1 is 1.00 bits per heavy atom. The number of furan rings is 1. The molecule has 0 bridgehead atoms. The molecule has 0 saturated carbocycles. The van der Waals surface area contributed by atoms with Crippen LogP contribution in [0.5, 0.6) is 0 Å². The van der Waals surface area contributed by atoms with Gasteiger partial charge in [-0.25, -0.2) is 0 Å². The molecular weight excluding hydrogens is 234 g/mol. The van der Waals surface area contributed by atoms with Crippen molar-refractivity contribution in [3.63, 3.8) is 0 Å². The molecule has 19 heavy (non-hydrogen) atoms. The van der Waals surface area contributed by atoms with Gasteiger partial charge in [0.15, 0.2) is 0 Å². The molecule has 0 radical (unpaired) electrons. The lowest BCUT2D eigenvalue weighted by atomic mass is 9.94. The van der Waals surface area contributed by atoms with Gasteiger partial charge in [-0.2, -0.15) is 0 Å². The van der Waals surface area contributed by atoms with Crippen LogP contribution in [0.4, 0.5) is 0 Å². The van der Waals surface area contributed by atoms with Gasteiger partial charge in [0.2, 0.25) is 0 Å². The summed E-state index contributed by atoms with van der Waals surface area (Å²) in [4.78, 5) is 0. The standard InChI is InChI=1S/C17H23NO/c1-11-9-12(2)17(13(3)10-11)15(5)18-14(4)16-7-6-8-19-16/h6-10,14-15,18H,1-5H3/t14-,15?/m1/s1. The Bertz CT molecular complexity index is 519. The molecule has 0 amide bonds. The highest BCUT2D eigenvalue weighted by Crippen LogP contribution is 2.26. The van der Waals surface area contributed by atoms with Crippen LogP contribution in [0, 0.1) is 20.8 Å². The summed E-state index contributed by atoms with van der Waals surface area (Å²) in [7, 11) is 0. The lowest BCUT2D eigenvalue weighted by Crippen LogP contribution is -2.23. The fourth-order valence-electron chi connectivity index (χ4n) is 2.95. The van der Waals surface area contributed by atoms with Crippen LogP contribution in [0.3, 0.4) is 0 Å². The topological polar surface area (TPSA) is 25.2 Å². The Labute approximate surface area is 115 Å². The van der Waals surface area contributed by atoms with Gasteiger partial charge >= 0.3 is 0 Å². The van der Waals surface area contributed by atoms with Crippen molar-refractivity contribution in [3.05, 3.63) is 58.5 Å². The van der Waals surface area contributed by atoms with Crippen molar-refractivity contribution in [2.75, 3.05) is 0 Å². The molecule has 2 atom stereocenters. The van der Waals surface area contributed by atoms with Crippen molar-refractivity contribution in [1.29, 1.82) is 0 Å². The summed E-state index contributed by atoms with van der Waals surface area (Å²) in [6.45, 7) is 10.9. The molecule has 1 N–H and O–H groups in total. The van der Waals surface area contributed by atoms with E-state index in [1.54, 1.807) is 6.26 Å². The molecular formula is C17H23NO. The Kier molecular flexibility index (Phi) is 4.11. The molecule has 2 nitrogen and oxygen atoms in total. The van der Waals surface area contributed by atoms with Gasteiger partial charge in [0.05, 0.1) is 12.3 Å². The maximum Gasteiger partial charge on any atom is 0.120 e. The molecule has 0 spiro atoms. The fraction of sp³-hybridized carbons (Fsp3) is 0.412. The fourth-order valence-corrected chi connectivity index (χ4v) is 2.95. The molecule has 2 heteroatoms. The zero-order chi connectivity index (χ0) is 14.0. The minimum Gasteiger partial charge on any atom is -0.468 e. The SMILES string of the molecule is Cc1cc(C)c(C(C)N[C@H](C)c2ccco2)c(C)c1. The first-order chi connectivity index (χ1) is 8.99. The number of aryl methyl sites for hydroxylation is 3. The van der Waals surface area contributed by atoms with Crippen LogP contribution in [0.15, 0.2) is 34.9 Å². The van der Waals surface area contributed by atoms with Gasteiger partial charge in [0, 0.05) is 6.04 Å². The van der Waals surface area contributed by atoms with E-state index in [1.807, 2.05) is 12.1 Å². The first-order valence-corrected chi connectivity index (χ1v) is 6.86. The quantitative estimate of drug-likeness (QED) is 0.864. The van der Waals surface area contributed by atoms with Crippen molar-refractivity contribution in [2.45, 2.75) is 46.7 Å². The summed E-state index contributed by atoms with van der Waals surface area (Å²) in [6, 6.07) is 8.96. The predicted molar refractivity (Wildman–Crippen MR) is 79.3 cm³/mol. The molecule has 1 heterocycles. The van der Waals surface area contributed by atoms with E-state index >= 15 is 0 Å². The van der Waals surface area contributed by atoms with Crippen molar-refractivity contribution < 1.29 is 4.42 Å². The number of rotatable bonds is 4. The molecule has 102 valence electrons. The molecule has 0 aliphatic rings. The van der Waals surface area contributed by atoms with E-state index in [0.717, 1.165) is 5.76 Å². The average molecular weight is 257 g/mol. The molecule has 1 aromatic heterocycles. The summed E-state index contributed by atoms with van der Waals surface area (Å²) in [5.74, 6) is 0.981. The van der Waals surface area contributed by atoms with Gasteiger partial charge in [-0.15, -0.1) is 0 Å². The second-order valence-corrected chi connectivity index (χ2v) is 5.44. The van der Waals surface area contributed by atoms with Gasteiger partial charge in [-0.05, 0) is 63.4 Å². The van der Waals surface area contributed by atoms with E-state index in [1.165, 1.54) is 22.3 Å². The number of benzene rings is 1. The van der Waals surface area contributed by atoms with Crippen LogP contribution in [-0.2, 0) is 0 Å². The molecule has 2 rings (SSSR count). The third kappa shape index (κ3) is 3.07. The van der Waals surface area contributed by atoms with E-state index in [0.29, 0.717) is 6.04 Å². The maximum absolute atomic E-state index is 5.45. The number of hydrogen-bond acceptors (Lipinski definition) is 2. The first kappa shape index (κ1) is 13.9. The smallest absolute Gasteiger partial charge is 0.120 e. The highest BCUT2D eigenvalue weighted by molar-refractivity contribution is 5.39. The molecule has 0 aliphatic carbocycles. The van der Waals surface area contributed by atoms with Gasteiger partial charge in [0.1, 0.15) is 5.76 Å². The number of nitrogens with one attached hydrogen (secondary N) is 1. The van der Waals surface area contributed by atoms with Crippen LogP contribution in [0.1, 0.15) is 53.9 Å². The Hall–Kier alpha value is -1.54. The molecule has 1 unspecified atom stereocenters. The third-order valence-corrected chi connectivity index (χ3v) is 3.64. The second kappa shape index (κ2) is 5.62. The second-order valence-electron chi connectivity index (χ2n) is 5.44. The highest BCUT2D eigenvalue weighted by atomic mass is 16.3. The van der Waals surface area contributed by atoms with Crippen molar-refractivity contribution >= 4 is 0 Å². The Morgan fingerprint density at radius 2 is 1.63 bits per heavy atom. The van der Waals surface area contributed by atoms with Crippen molar-refractivity contribution in [1.82, 2.24) is 5.32 Å². The molecule has 0 aliphatic heterocycles. The third-order valence-electron chi connectivity index (χ3n) is 3.64. The van der Waals surface area contributed by atoms with Crippen LogP contribution in [0.25, 0.3) is 0 Å². The van der Waals surface area contributed by atoms with E-state index in [-0.39, 0.29) is 6.04 Å². The minimum atomic E-state index is 0.213. The van der Waals surface area contributed by atoms with Gasteiger partial charge < -0.3 is 9.73 Å². The monoisotopic (exact) mass is 257 g/mol. The molecule has 0 fully saturated rings. The zero-order valence-electron chi connectivity index (χ0n) is 12.4. The van der Waals surface area contributed by atoms with E-state index in [9.17, 15) is 0 Å². The zero-order valence-corrected chi connectivity index (χ0v) is 12.4. The molecule has 2 aromatic rings. The van der Waals surface area contributed by atoms with Crippen LogP contribution in [-0.4, -0.2) is 0 Å². The summed E-state index contributed by atoms with van der Waals surface area (Å²) in [5, 5.41) is 3.61. The van der Waals surface area contributed by atoms with Gasteiger partial charge in [-0.1, -0.05) is 17.7 Å². The summed E-state index contributed by atoms with van der Waals surface area (Å²) < 4.78 is 5.45. The Balaban J connectivity index is 2.18. The minimum absolute atomic E-state index is 0.213. The van der Waals surface area contributed by atoms with Gasteiger partial charge in [-0.3, -0.25) is 0 Å². The lowest BCUT2D eigenvalue weighted by Gasteiger charge is -2.23. The first-order valence-electron chi connectivity index (χ1n) is 6.86. The van der Waals surface area contributed by atoms with Crippen molar-refractivity contribution in [3.8, 4) is 0 Å². The summed E-state index contributed by atoms with van der Waals surface area (Å²) in [6.07, 6.45) is 1.72. The van der Waals surface area contributed by atoms with E-state index in [2.05, 4.69) is 52.1 Å². The normalized spacial score (nSPS) is 14.4. The lowest BCUT2D eigenvalue weighted by molar-refractivity contribution is 0.402. The molecule has 0 saturated heterocycles. The van der Waals surface area contributed by atoms with Gasteiger partial charge in [0.25, 0.3) is 0 Å².